The van der Waals surface area contributed by atoms with Crippen molar-refractivity contribution in [2.75, 3.05) is 0 Å². The van der Waals surface area contributed by atoms with Gasteiger partial charge in [0.15, 0.2) is 0 Å². The van der Waals surface area contributed by atoms with Gasteiger partial charge < -0.3 is 0 Å². The first-order valence-corrected chi connectivity index (χ1v) is 17.1. The van der Waals surface area contributed by atoms with Gasteiger partial charge in [-0.25, -0.2) is 0 Å². The Morgan fingerprint density at radius 3 is 1.63 bits per heavy atom. The van der Waals surface area contributed by atoms with Crippen molar-refractivity contribution >= 4 is 0 Å². The summed E-state index contributed by atoms with van der Waals surface area (Å²) in [5.41, 5.74) is 0. The quantitative estimate of drug-likeness (QED) is 0.384. The third kappa shape index (κ3) is 3.77. The molecular formula is C34H55N. The predicted octanol–water partition coefficient (Wildman–Crippen LogP) is 8.86. The van der Waals surface area contributed by atoms with E-state index in [-0.39, 0.29) is 0 Å². The number of hydrogen-bond acceptors (Lipinski definition) is 1. The lowest BCUT2D eigenvalue weighted by Gasteiger charge is -2.48. The average Bonchev–Trinajstić information content (AvgIpc) is 3.59. The Balaban J connectivity index is 1.03. The van der Waals surface area contributed by atoms with Gasteiger partial charge in [0.05, 0.1) is 0 Å². The second kappa shape index (κ2) is 9.31. The first-order valence-electron chi connectivity index (χ1n) is 17.1. The molecule has 7 aliphatic carbocycles. The van der Waals surface area contributed by atoms with Crippen molar-refractivity contribution in [2.24, 2.45) is 59.2 Å². The normalized spacial score (nSPS) is 56.1. The molecule has 196 valence electrons. The molecule has 8 fully saturated rings. The summed E-state index contributed by atoms with van der Waals surface area (Å²) in [4.78, 5) is 3.30. The topological polar surface area (TPSA) is 3.24 Å². The lowest BCUT2D eigenvalue weighted by atomic mass is 9.63. The van der Waals surface area contributed by atoms with E-state index in [0.29, 0.717) is 0 Å². The van der Waals surface area contributed by atoms with E-state index in [1.807, 2.05) is 0 Å². The van der Waals surface area contributed by atoms with Crippen LogP contribution in [0.1, 0.15) is 135 Å². The SMILES string of the molecule is C1CCC2CC(C3CCCC4CC5CCC(N6C7CCCCC7C7CCCCC76)CC5C43)CC2C1. The second-order valence-corrected chi connectivity index (χ2v) is 15.6. The summed E-state index contributed by atoms with van der Waals surface area (Å²) in [5, 5.41) is 0. The molecule has 1 heteroatoms. The third-order valence-electron chi connectivity index (χ3n) is 14.5. The summed E-state index contributed by atoms with van der Waals surface area (Å²) in [7, 11) is 0. The number of hydrogen-bond donors (Lipinski definition) is 0. The van der Waals surface area contributed by atoms with Crippen LogP contribution >= 0.6 is 0 Å². The Hall–Kier alpha value is -0.0400. The van der Waals surface area contributed by atoms with E-state index in [1.165, 1.54) is 12.8 Å². The molecule has 1 saturated heterocycles. The second-order valence-electron chi connectivity index (χ2n) is 15.6. The highest BCUT2D eigenvalue weighted by molar-refractivity contribution is 5.08. The number of nitrogens with zero attached hydrogens (tertiary/aromatic N) is 1. The number of fused-ring (bicyclic) bond motifs is 7. The lowest BCUT2D eigenvalue weighted by Crippen LogP contribution is -2.50. The molecule has 0 radical (unpaired) electrons. The molecule has 0 spiro atoms. The van der Waals surface area contributed by atoms with Gasteiger partial charge in [-0.3, -0.25) is 4.90 Å². The summed E-state index contributed by atoms with van der Waals surface area (Å²) in [6.45, 7) is 0. The van der Waals surface area contributed by atoms with Gasteiger partial charge in [-0.15, -0.1) is 0 Å². The van der Waals surface area contributed by atoms with Crippen LogP contribution in [-0.2, 0) is 0 Å². The van der Waals surface area contributed by atoms with Gasteiger partial charge >= 0.3 is 0 Å². The zero-order valence-corrected chi connectivity index (χ0v) is 22.8. The van der Waals surface area contributed by atoms with Crippen LogP contribution in [-0.4, -0.2) is 23.0 Å². The number of rotatable bonds is 2. The Bertz CT molecular complexity index is 724. The monoisotopic (exact) mass is 477 g/mol. The van der Waals surface area contributed by atoms with Crippen LogP contribution in [0.2, 0.25) is 0 Å². The van der Waals surface area contributed by atoms with Gasteiger partial charge in [0, 0.05) is 18.1 Å². The zero-order valence-electron chi connectivity index (χ0n) is 22.8. The minimum Gasteiger partial charge on any atom is -0.294 e. The molecule has 35 heavy (non-hydrogen) atoms. The van der Waals surface area contributed by atoms with E-state index in [9.17, 15) is 0 Å². The molecule has 1 nitrogen and oxygen atoms in total. The molecule has 0 N–H and O–H groups in total. The predicted molar refractivity (Wildman–Crippen MR) is 145 cm³/mol. The van der Waals surface area contributed by atoms with E-state index in [4.69, 9.17) is 0 Å². The van der Waals surface area contributed by atoms with Crippen LogP contribution in [0.3, 0.4) is 0 Å². The molecule has 0 bridgehead atoms. The van der Waals surface area contributed by atoms with E-state index in [2.05, 4.69) is 4.90 Å². The maximum absolute atomic E-state index is 3.30. The van der Waals surface area contributed by atoms with Gasteiger partial charge in [0.1, 0.15) is 0 Å². The highest BCUT2D eigenvalue weighted by atomic mass is 15.3. The van der Waals surface area contributed by atoms with Crippen molar-refractivity contribution in [3.8, 4) is 0 Å². The Labute approximate surface area is 216 Å². The fourth-order valence-electron chi connectivity index (χ4n) is 13.4. The highest BCUT2D eigenvalue weighted by Crippen LogP contribution is 2.62. The van der Waals surface area contributed by atoms with Gasteiger partial charge in [-0.05, 0) is 130 Å². The van der Waals surface area contributed by atoms with E-state index in [1.54, 1.807) is 122 Å². The average molecular weight is 478 g/mol. The van der Waals surface area contributed by atoms with Crippen molar-refractivity contribution < 1.29 is 0 Å². The van der Waals surface area contributed by atoms with Crippen molar-refractivity contribution in [1.29, 1.82) is 0 Å². The third-order valence-corrected chi connectivity index (χ3v) is 14.5. The minimum absolute atomic E-state index is 0.974. The molecule has 1 aliphatic heterocycles. The van der Waals surface area contributed by atoms with Crippen LogP contribution in [0.4, 0.5) is 0 Å². The molecule has 8 aliphatic rings. The van der Waals surface area contributed by atoms with Crippen molar-refractivity contribution in [1.82, 2.24) is 4.90 Å². The smallest absolute Gasteiger partial charge is 0.0133 e. The van der Waals surface area contributed by atoms with Gasteiger partial charge in [-0.1, -0.05) is 64.2 Å². The summed E-state index contributed by atoms with van der Waals surface area (Å²) in [6.07, 6.45) is 33.3. The van der Waals surface area contributed by atoms with Crippen LogP contribution in [0.5, 0.6) is 0 Å². The Kier molecular flexibility index (Phi) is 6.09. The van der Waals surface area contributed by atoms with Crippen LogP contribution in [0.15, 0.2) is 0 Å². The largest absolute Gasteiger partial charge is 0.294 e. The minimum atomic E-state index is 0.974. The summed E-state index contributed by atoms with van der Waals surface area (Å²) in [6, 6.07) is 2.97. The van der Waals surface area contributed by atoms with Crippen LogP contribution in [0.25, 0.3) is 0 Å². The van der Waals surface area contributed by atoms with E-state index >= 15 is 0 Å². The Morgan fingerprint density at radius 1 is 0.343 bits per heavy atom. The Morgan fingerprint density at radius 2 is 0.914 bits per heavy atom. The molecule has 12 unspecified atom stereocenters. The number of likely N-dealkylation sites (tertiary alicyclic amines) is 1. The van der Waals surface area contributed by atoms with Crippen LogP contribution in [0, 0.1) is 59.2 Å². The van der Waals surface area contributed by atoms with Crippen molar-refractivity contribution in [3.63, 3.8) is 0 Å². The molecule has 1 heterocycles. The molecule has 7 saturated carbocycles. The van der Waals surface area contributed by atoms with Gasteiger partial charge in [-0.2, -0.15) is 0 Å². The molecule has 0 aromatic heterocycles. The molecule has 12 atom stereocenters. The lowest BCUT2D eigenvalue weighted by molar-refractivity contribution is 0.0122. The first-order chi connectivity index (χ1) is 17.3. The van der Waals surface area contributed by atoms with E-state index in [0.717, 1.165) is 77.3 Å². The summed E-state index contributed by atoms with van der Waals surface area (Å²) < 4.78 is 0. The summed E-state index contributed by atoms with van der Waals surface area (Å²) >= 11 is 0. The van der Waals surface area contributed by atoms with Crippen molar-refractivity contribution in [3.05, 3.63) is 0 Å². The fourth-order valence-corrected chi connectivity index (χ4v) is 13.4. The standard InChI is InChI=1S/C34H55N/c1-2-9-23-19-26(18-22(23)8-1)28-13-7-10-25-20-24-16-17-27(21-31(24)34(25)28)35-32-14-5-3-11-29(32)30-12-4-6-15-33(30)35/h22-34H,1-21H2. The molecule has 0 aromatic rings. The fraction of sp³-hybridized carbons (Fsp3) is 1.00. The highest BCUT2D eigenvalue weighted by Gasteiger charge is 2.56. The zero-order chi connectivity index (χ0) is 22.9. The van der Waals surface area contributed by atoms with Crippen LogP contribution < -0.4 is 0 Å². The molecule has 8 rings (SSSR count). The molecule has 0 aromatic carbocycles. The first kappa shape index (κ1) is 22.9. The van der Waals surface area contributed by atoms with E-state index < -0.39 is 0 Å². The molecule has 0 amide bonds. The van der Waals surface area contributed by atoms with Gasteiger partial charge in [0.2, 0.25) is 0 Å². The summed E-state index contributed by atoms with van der Waals surface area (Å²) in [5.74, 6) is 11.3. The van der Waals surface area contributed by atoms with Gasteiger partial charge in [0.25, 0.3) is 0 Å². The molecular weight excluding hydrogens is 422 g/mol. The van der Waals surface area contributed by atoms with Crippen molar-refractivity contribution in [2.45, 2.75) is 153 Å². The maximum atomic E-state index is 3.30. The maximum Gasteiger partial charge on any atom is 0.0133 e.